The summed E-state index contributed by atoms with van der Waals surface area (Å²) in [7, 11) is 0. The van der Waals surface area contributed by atoms with Crippen LogP contribution in [-0.4, -0.2) is 42.8 Å². The largest absolute Gasteiger partial charge is 0.373 e. The molecule has 1 aliphatic rings. The van der Waals surface area contributed by atoms with E-state index in [1.54, 1.807) is 0 Å². The molecule has 0 radical (unpaired) electrons. The molecule has 17 heavy (non-hydrogen) atoms. The highest BCUT2D eigenvalue weighted by molar-refractivity contribution is 4.84. The van der Waals surface area contributed by atoms with Crippen LogP contribution in [0.3, 0.4) is 0 Å². The summed E-state index contributed by atoms with van der Waals surface area (Å²) in [6.07, 6.45) is 1.92. The Balaban J connectivity index is 2.59. The lowest BCUT2D eigenvalue weighted by Crippen LogP contribution is -2.54. The fourth-order valence-corrected chi connectivity index (χ4v) is 3.13. The van der Waals surface area contributed by atoms with Crippen LogP contribution in [-0.2, 0) is 4.74 Å². The van der Waals surface area contributed by atoms with Crippen molar-refractivity contribution in [3.8, 4) is 0 Å². The average Bonchev–Trinajstić information content (AvgIpc) is 2.15. The van der Waals surface area contributed by atoms with Crippen molar-refractivity contribution >= 4 is 0 Å². The summed E-state index contributed by atoms with van der Waals surface area (Å²) in [6, 6.07) is 0.506. The second kappa shape index (κ2) is 6.72. The SMILES string of the molecule is CC(C)CC(C)C(CN)N1C[C@@H](C)O[C@@H](C)C1. The first kappa shape index (κ1) is 14.9. The summed E-state index contributed by atoms with van der Waals surface area (Å²) in [5.74, 6) is 1.41. The van der Waals surface area contributed by atoms with Gasteiger partial charge >= 0.3 is 0 Å². The van der Waals surface area contributed by atoms with Crippen LogP contribution in [0.2, 0.25) is 0 Å². The van der Waals surface area contributed by atoms with Gasteiger partial charge in [-0.1, -0.05) is 20.8 Å². The van der Waals surface area contributed by atoms with Crippen molar-refractivity contribution in [2.75, 3.05) is 19.6 Å². The Morgan fingerprint density at radius 3 is 2.12 bits per heavy atom. The average molecular weight is 242 g/mol. The fraction of sp³-hybridized carbons (Fsp3) is 1.00. The summed E-state index contributed by atoms with van der Waals surface area (Å²) >= 11 is 0. The third kappa shape index (κ3) is 4.57. The van der Waals surface area contributed by atoms with E-state index in [-0.39, 0.29) is 0 Å². The van der Waals surface area contributed by atoms with Crippen LogP contribution in [0.4, 0.5) is 0 Å². The molecule has 2 N–H and O–H groups in total. The maximum atomic E-state index is 5.99. The molecule has 0 aliphatic carbocycles. The number of nitrogens with zero attached hydrogens (tertiary/aromatic N) is 1. The van der Waals surface area contributed by atoms with Gasteiger partial charge in [-0.2, -0.15) is 0 Å². The third-order valence-electron chi connectivity index (χ3n) is 3.66. The molecule has 1 saturated heterocycles. The quantitative estimate of drug-likeness (QED) is 0.802. The molecule has 0 aromatic heterocycles. The lowest BCUT2D eigenvalue weighted by Gasteiger charge is -2.42. The number of hydrogen-bond acceptors (Lipinski definition) is 3. The summed E-state index contributed by atoms with van der Waals surface area (Å²) in [4.78, 5) is 2.53. The third-order valence-corrected chi connectivity index (χ3v) is 3.66. The van der Waals surface area contributed by atoms with E-state index in [2.05, 4.69) is 39.5 Å². The first-order valence-corrected chi connectivity index (χ1v) is 7.03. The minimum Gasteiger partial charge on any atom is -0.373 e. The first-order chi connectivity index (χ1) is 7.93. The molecule has 3 heteroatoms. The number of ether oxygens (including phenoxy) is 1. The van der Waals surface area contributed by atoms with Crippen molar-refractivity contribution in [1.82, 2.24) is 4.90 Å². The van der Waals surface area contributed by atoms with Crippen LogP contribution in [0.15, 0.2) is 0 Å². The topological polar surface area (TPSA) is 38.5 Å². The molecule has 2 unspecified atom stereocenters. The van der Waals surface area contributed by atoms with E-state index in [0.29, 0.717) is 24.2 Å². The second-order valence-corrected chi connectivity index (χ2v) is 6.12. The Morgan fingerprint density at radius 2 is 1.71 bits per heavy atom. The predicted molar refractivity (Wildman–Crippen MR) is 73.0 cm³/mol. The summed E-state index contributed by atoms with van der Waals surface area (Å²) in [5, 5.41) is 0. The molecule has 0 aromatic carbocycles. The van der Waals surface area contributed by atoms with Crippen molar-refractivity contribution in [2.45, 2.75) is 59.3 Å². The highest BCUT2D eigenvalue weighted by Gasteiger charge is 2.30. The van der Waals surface area contributed by atoms with E-state index >= 15 is 0 Å². The molecule has 1 fully saturated rings. The van der Waals surface area contributed by atoms with Crippen LogP contribution in [0.25, 0.3) is 0 Å². The maximum Gasteiger partial charge on any atom is 0.0678 e. The highest BCUT2D eigenvalue weighted by Crippen LogP contribution is 2.22. The molecular formula is C14H30N2O. The Morgan fingerprint density at radius 1 is 1.18 bits per heavy atom. The van der Waals surface area contributed by atoms with E-state index in [1.807, 2.05) is 0 Å². The fourth-order valence-electron chi connectivity index (χ4n) is 3.13. The van der Waals surface area contributed by atoms with E-state index in [0.717, 1.165) is 25.6 Å². The van der Waals surface area contributed by atoms with Crippen LogP contribution in [0.1, 0.15) is 41.0 Å². The highest BCUT2D eigenvalue weighted by atomic mass is 16.5. The molecule has 3 nitrogen and oxygen atoms in total. The minimum atomic E-state index is 0.332. The van der Waals surface area contributed by atoms with Crippen LogP contribution >= 0.6 is 0 Å². The second-order valence-electron chi connectivity index (χ2n) is 6.12. The van der Waals surface area contributed by atoms with Gasteiger partial charge in [-0.25, -0.2) is 0 Å². The summed E-state index contributed by atoms with van der Waals surface area (Å²) in [6.45, 7) is 14.0. The molecular weight excluding hydrogens is 212 g/mol. The monoisotopic (exact) mass is 242 g/mol. The minimum absolute atomic E-state index is 0.332. The van der Waals surface area contributed by atoms with Gasteiger partial charge in [0, 0.05) is 25.7 Å². The Labute approximate surface area is 107 Å². The van der Waals surface area contributed by atoms with Gasteiger partial charge in [0.15, 0.2) is 0 Å². The van der Waals surface area contributed by atoms with Gasteiger partial charge in [-0.15, -0.1) is 0 Å². The zero-order valence-electron chi connectivity index (χ0n) is 12.1. The zero-order valence-corrected chi connectivity index (χ0v) is 12.1. The summed E-state index contributed by atoms with van der Waals surface area (Å²) in [5.41, 5.74) is 5.99. The molecule has 1 rings (SSSR count). The van der Waals surface area contributed by atoms with Gasteiger partial charge in [-0.05, 0) is 32.1 Å². The predicted octanol–water partition coefficient (Wildman–Crippen LogP) is 2.11. The number of morpholine rings is 1. The maximum absolute atomic E-state index is 5.99. The van der Waals surface area contributed by atoms with E-state index in [9.17, 15) is 0 Å². The van der Waals surface area contributed by atoms with Crippen LogP contribution < -0.4 is 5.73 Å². The Hall–Kier alpha value is -0.120. The van der Waals surface area contributed by atoms with E-state index < -0.39 is 0 Å². The molecule has 0 saturated carbocycles. The van der Waals surface area contributed by atoms with Gasteiger partial charge in [-0.3, -0.25) is 4.90 Å². The van der Waals surface area contributed by atoms with Crippen LogP contribution in [0.5, 0.6) is 0 Å². The van der Waals surface area contributed by atoms with Gasteiger partial charge in [0.05, 0.1) is 12.2 Å². The van der Waals surface area contributed by atoms with Gasteiger partial charge in [0.25, 0.3) is 0 Å². The smallest absolute Gasteiger partial charge is 0.0678 e. The lowest BCUT2D eigenvalue weighted by molar-refractivity contribution is -0.0857. The molecule has 1 heterocycles. The van der Waals surface area contributed by atoms with Gasteiger partial charge in [0.2, 0.25) is 0 Å². The van der Waals surface area contributed by atoms with Crippen molar-refractivity contribution in [3.05, 3.63) is 0 Å². The van der Waals surface area contributed by atoms with Crippen molar-refractivity contribution in [3.63, 3.8) is 0 Å². The molecule has 0 bridgehead atoms. The van der Waals surface area contributed by atoms with Crippen molar-refractivity contribution in [2.24, 2.45) is 17.6 Å². The van der Waals surface area contributed by atoms with Crippen LogP contribution in [0, 0.1) is 11.8 Å². The lowest BCUT2D eigenvalue weighted by atomic mass is 9.90. The standard InChI is InChI=1S/C14H30N2O/c1-10(2)6-11(3)14(7-15)16-8-12(4)17-13(5)9-16/h10-14H,6-9,15H2,1-5H3/t11?,12-,13+,14?. The van der Waals surface area contributed by atoms with Crippen molar-refractivity contribution < 1.29 is 4.74 Å². The molecule has 0 spiro atoms. The molecule has 0 aromatic rings. The van der Waals surface area contributed by atoms with Crippen molar-refractivity contribution in [1.29, 1.82) is 0 Å². The normalized spacial score (nSPS) is 30.5. The number of rotatable bonds is 5. The molecule has 4 atom stereocenters. The first-order valence-electron chi connectivity index (χ1n) is 7.03. The zero-order chi connectivity index (χ0) is 13.0. The number of hydrogen-bond donors (Lipinski definition) is 1. The Bertz CT molecular complexity index is 210. The molecule has 102 valence electrons. The summed E-state index contributed by atoms with van der Waals surface area (Å²) < 4.78 is 5.79. The van der Waals surface area contributed by atoms with Gasteiger partial charge in [0.1, 0.15) is 0 Å². The Kier molecular flexibility index (Phi) is 5.90. The van der Waals surface area contributed by atoms with E-state index in [1.165, 1.54) is 6.42 Å². The van der Waals surface area contributed by atoms with Gasteiger partial charge < -0.3 is 10.5 Å². The molecule has 0 amide bonds. The number of nitrogens with two attached hydrogens (primary N) is 1. The van der Waals surface area contributed by atoms with E-state index in [4.69, 9.17) is 10.5 Å². The molecule has 1 aliphatic heterocycles.